The van der Waals surface area contributed by atoms with Gasteiger partial charge in [0.05, 0.1) is 0 Å². The third-order valence-corrected chi connectivity index (χ3v) is 5.64. The fourth-order valence-corrected chi connectivity index (χ4v) is 4.14. The van der Waals surface area contributed by atoms with Gasteiger partial charge in [0.25, 0.3) is 11.7 Å². The summed E-state index contributed by atoms with van der Waals surface area (Å²) in [5.74, 6) is -2.52. The second-order valence-corrected chi connectivity index (χ2v) is 8.50. The van der Waals surface area contributed by atoms with Gasteiger partial charge >= 0.3 is 0 Å². The predicted molar refractivity (Wildman–Crippen MR) is 117 cm³/mol. The molecule has 2 heterocycles. The van der Waals surface area contributed by atoms with Gasteiger partial charge in [-0.1, -0.05) is 37.3 Å². The number of nitrogens with one attached hydrogen (secondary N) is 2. The molecular weight excluding hydrogens is 397 g/mol. The summed E-state index contributed by atoms with van der Waals surface area (Å²) in [5.41, 5.74) is 0.934. The smallest absolute Gasteiger partial charge is 0.281 e. The number of piperidine rings is 1. The molecule has 1 aliphatic heterocycles. The van der Waals surface area contributed by atoms with Gasteiger partial charge in [0, 0.05) is 50.7 Å². The molecule has 8 heteroatoms. The average molecular weight is 428 g/mol. The number of carbonyl (C=O) groups is 2. The van der Waals surface area contributed by atoms with Crippen LogP contribution in [0.4, 0.5) is 10.2 Å². The summed E-state index contributed by atoms with van der Waals surface area (Å²) in [4.78, 5) is 35.8. The van der Waals surface area contributed by atoms with E-state index in [1.807, 2.05) is 26.0 Å². The number of aromatic nitrogens is 2. The van der Waals surface area contributed by atoms with Gasteiger partial charge in [0.1, 0.15) is 11.6 Å². The molecule has 0 spiro atoms. The maximum absolute atomic E-state index is 16.0. The largest absolute Gasteiger partial charge is 0.373 e. The lowest BCUT2D eigenvalue weighted by Crippen LogP contribution is -2.60. The standard InChI is InChI=1S/C23H30FN5O2/c1-16-13-19(25-4)27-20(26-16)22(3)11-8-12-29(15-22)21(31)23(24,28-17(2)30)14-18-9-6-5-7-10-18/h5-7,9-10,13H,8,11-12,14-15H2,1-4H3,(H,28,30)(H,25,26,27). The van der Waals surface area contributed by atoms with Crippen LogP contribution in [-0.4, -0.2) is 52.6 Å². The predicted octanol–water partition coefficient (Wildman–Crippen LogP) is 2.75. The molecule has 1 aliphatic rings. The average Bonchev–Trinajstić information content (AvgIpc) is 2.72. The number of hydrogen-bond donors (Lipinski definition) is 2. The Labute approximate surface area is 182 Å². The Morgan fingerprint density at radius 2 is 1.97 bits per heavy atom. The number of hydrogen-bond acceptors (Lipinski definition) is 5. The van der Waals surface area contributed by atoms with Crippen LogP contribution in [0.1, 0.15) is 43.8 Å². The highest BCUT2D eigenvalue weighted by molar-refractivity contribution is 5.90. The number of alkyl halides is 1. The minimum Gasteiger partial charge on any atom is -0.373 e. The fourth-order valence-electron chi connectivity index (χ4n) is 4.14. The molecule has 1 aromatic heterocycles. The van der Waals surface area contributed by atoms with E-state index in [0.29, 0.717) is 30.2 Å². The molecule has 1 fully saturated rings. The van der Waals surface area contributed by atoms with E-state index in [1.165, 1.54) is 11.8 Å². The molecule has 0 bridgehead atoms. The quantitative estimate of drug-likeness (QED) is 0.693. The van der Waals surface area contributed by atoms with Crippen LogP contribution in [0.3, 0.4) is 0 Å². The first-order valence-electron chi connectivity index (χ1n) is 10.5. The molecule has 2 aromatic rings. The summed E-state index contributed by atoms with van der Waals surface area (Å²) in [5, 5.41) is 5.29. The normalized spacial score (nSPS) is 20.6. The molecule has 2 unspecified atom stereocenters. The van der Waals surface area contributed by atoms with Crippen LogP contribution in [0.25, 0.3) is 0 Å². The topological polar surface area (TPSA) is 87.2 Å². The first-order valence-corrected chi connectivity index (χ1v) is 10.5. The third-order valence-electron chi connectivity index (χ3n) is 5.64. The van der Waals surface area contributed by atoms with Gasteiger partial charge < -0.3 is 15.5 Å². The maximum atomic E-state index is 16.0. The number of rotatable bonds is 6. The highest BCUT2D eigenvalue weighted by Crippen LogP contribution is 2.34. The van der Waals surface area contributed by atoms with Crippen molar-refractivity contribution in [3.8, 4) is 0 Å². The van der Waals surface area contributed by atoms with E-state index in [1.54, 1.807) is 31.3 Å². The van der Waals surface area contributed by atoms with Crippen molar-refractivity contribution in [2.24, 2.45) is 0 Å². The highest BCUT2D eigenvalue weighted by atomic mass is 19.1. The summed E-state index contributed by atoms with van der Waals surface area (Å²) >= 11 is 0. The van der Waals surface area contributed by atoms with Crippen molar-refractivity contribution in [1.29, 1.82) is 0 Å². The van der Waals surface area contributed by atoms with Crippen molar-refractivity contribution in [3.63, 3.8) is 0 Å². The molecule has 2 atom stereocenters. The lowest BCUT2D eigenvalue weighted by Gasteiger charge is -2.42. The fraction of sp³-hybridized carbons (Fsp3) is 0.478. The van der Waals surface area contributed by atoms with Gasteiger partial charge in [0.15, 0.2) is 0 Å². The van der Waals surface area contributed by atoms with Crippen LogP contribution in [0.2, 0.25) is 0 Å². The van der Waals surface area contributed by atoms with Crippen LogP contribution < -0.4 is 10.6 Å². The van der Waals surface area contributed by atoms with Crippen molar-refractivity contribution in [2.45, 2.75) is 51.2 Å². The van der Waals surface area contributed by atoms with Gasteiger partial charge in [-0.25, -0.2) is 14.4 Å². The van der Waals surface area contributed by atoms with Gasteiger partial charge in [-0.2, -0.15) is 0 Å². The minimum absolute atomic E-state index is 0.232. The zero-order valence-corrected chi connectivity index (χ0v) is 18.5. The van der Waals surface area contributed by atoms with Crippen molar-refractivity contribution < 1.29 is 14.0 Å². The van der Waals surface area contributed by atoms with Crippen LogP contribution >= 0.6 is 0 Å². The van der Waals surface area contributed by atoms with Crippen molar-refractivity contribution >= 4 is 17.6 Å². The summed E-state index contributed by atoms with van der Waals surface area (Å²) in [6, 6.07) is 10.7. The molecule has 3 rings (SSSR count). The zero-order valence-electron chi connectivity index (χ0n) is 18.5. The van der Waals surface area contributed by atoms with E-state index in [0.717, 1.165) is 12.1 Å². The van der Waals surface area contributed by atoms with Gasteiger partial charge in [-0.3, -0.25) is 9.59 Å². The second kappa shape index (κ2) is 8.99. The Balaban J connectivity index is 1.88. The molecule has 2 N–H and O–H groups in total. The van der Waals surface area contributed by atoms with Gasteiger partial charge in [0.2, 0.25) is 5.91 Å². The Morgan fingerprint density at radius 3 is 2.61 bits per heavy atom. The second-order valence-electron chi connectivity index (χ2n) is 8.50. The number of carbonyl (C=O) groups excluding carboxylic acids is 2. The van der Waals surface area contributed by atoms with E-state index in [2.05, 4.69) is 20.6 Å². The molecule has 31 heavy (non-hydrogen) atoms. The molecule has 0 aliphatic carbocycles. The van der Waals surface area contributed by atoms with Crippen molar-refractivity contribution in [2.75, 3.05) is 25.5 Å². The number of likely N-dealkylation sites (tertiary alicyclic amines) is 1. The van der Waals surface area contributed by atoms with Crippen LogP contribution in [0, 0.1) is 6.92 Å². The molecule has 0 radical (unpaired) electrons. The monoisotopic (exact) mass is 427 g/mol. The molecule has 1 aromatic carbocycles. The van der Waals surface area contributed by atoms with E-state index < -0.39 is 23.0 Å². The van der Waals surface area contributed by atoms with Crippen LogP contribution in [-0.2, 0) is 21.4 Å². The molecule has 1 saturated heterocycles. The SMILES string of the molecule is CNc1cc(C)nc(C2(C)CCCN(C(=O)C(F)(Cc3ccccc3)NC(C)=O)C2)n1. The first kappa shape index (κ1) is 22.7. The molecule has 166 valence electrons. The summed E-state index contributed by atoms with van der Waals surface area (Å²) in [7, 11) is 1.79. The van der Waals surface area contributed by atoms with E-state index in [4.69, 9.17) is 0 Å². The maximum Gasteiger partial charge on any atom is 0.281 e. The Hall–Kier alpha value is -3.03. The lowest BCUT2D eigenvalue weighted by atomic mass is 9.80. The Kier molecular flexibility index (Phi) is 6.57. The lowest BCUT2D eigenvalue weighted by molar-refractivity contribution is -0.152. The third kappa shape index (κ3) is 5.18. The summed E-state index contributed by atoms with van der Waals surface area (Å²) in [6.45, 7) is 5.80. The molecule has 7 nitrogen and oxygen atoms in total. The number of aryl methyl sites for hydroxylation is 1. The Morgan fingerprint density at radius 1 is 1.26 bits per heavy atom. The van der Waals surface area contributed by atoms with E-state index in [-0.39, 0.29) is 13.0 Å². The number of anilines is 1. The van der Waals surface area contributed by atoms with Crippen LogP contribution in [0.15, 0.2) is 36.4 Å². The van der Waals surface area contributed by atoms with Crippen molar-refractivity contribution in [1.82, 2.24) is 20.2 Å². The first-order chi connectivity index (χ1) is 14.6. The van der Waals surface area contributed by atoms with E-state index in [9.17, 15) is 9.59 Å². The Bertz CT molecular complexity index is 954. The minimum atomic E-state index is -2.52. The van der Waals surface area contributed by atoms with Gasteiger partial charge in [-0.15, -0.1) is 0 Å². The molecular formula is C23H30FN5O2. The molecule has 2 amide bonds. The van der Waals surface area contributed by atoms with Crippen LogP contribution in [0.5, 0.6) is 0 Å². The van der Waals surface area contributed by atoms with E-state index >= 15 is 4.39 Å². The number of benzene rings is 1. The number of nitrogens with zero attached hydrogens (tertiary/aromatic N) is 3. The summed E-state index contributed by atoms with van der Waals surface area (Å²) < 4.78 is 16.0. The highest BCUT2D eigenvalue weighted by Gasteiger charge is 2.46. The van der Waals surface area contributed by atoms with Gasteiger partial charge in [-0.05, 0) is 25.3 Å². The molecule has 0 saturated carbocycles. The number of amides is 2. The van der Waals surface area contributed by atoms with Crippen molar-refractivity contribution in [3.05, 3.63) is 53.5 Å². The summed E-state index contributed by atoms with van der Waals surface area (Å²) in [6.07, 6.45) is 1.24. The zero-order chi connectivity index (χ0) is 22.6. The number of halogens is 1.